The highest BCUT2D eigenvalue weighted by atomic mass is 16.1. The van der Waals surface area contributed by atoms with E-state index < -0.39 is 0 Å². The molecule has 29 heavy (non-hydrogen) atoms. The molecule has 0 bridgehead atoms. The van der Waals surface area contributed by atoms with E-state index in [9.17, 15) is 4.79 Å². The maximum atomic E-state index is 12.8. The fraction of sp³-hybridized carbons (Fsp3) is 0.250. The zero-order valence-corrected chi connectivity index (χ0v) is 17.5. The van der Waals surface area contributed by atoms with E-state index in [0.29, 0.717) is 5.56 Å². The van der Waals surface area contributed by atoms with Crippen LogP contribution in [0.2, 0.25) is 0 Å². The van der Waals surface area contributed by atoms with Crippen molar-refractivity contribution in [1.82, 2.24) is 4.98 Å². The quantitative estimate of drug-likeness (QED) is 0.558. The molecule has 3 rings (SSSR count). The van der Waals surface area contributed by atoms with Crippen molar-refractivity contribution in [3.05, 3.63) is 77.6 Å². The van der Waals surface area contributed by atoms with E-state index in [-0.39, 0.29) is 5.91 Å². The molecule has 5 nitrogen and oxygen atoms in total. The highest BCUT2D eigenvalue weighted by Crippen LogP contribution is 2.24. The summed E-state index contributed by atoms with van der Waals surface area (Å²) in [6, 6.07) is 16.0. The Kier molecular flexibility index (Phi) is 6.50. The minimum atomic E-state index is -0.177. The summed E-state index contributed by atoms with van der Waals surface area (Å²) in [4.78, 5) is 19.3. The van der Waals surface area contributed by atoms with E-state index >= 15 is 0 Å². The van der Waals surface area contributed by atoms with Crippen LogP contribution in [-0.4, -0.2) is 24.0 Å². The average Bonchev–Trinajstić information content (AvgIpc) is 2.73. The normalized spacial score (nSPS) is 10.5. The van der Waals surface area contributed by atoms with Gasteiger partial charge in [-0.15, -0.1) is 0 Å². The highest BCUT2D eigenvalue weighted by molar-refractivity contribution is 6.05. The Hall–Kier alpha value is -3.34. The van der Waals surface area contributed by atoms with E-state index in [1.54, 1.807) is 12.4 Å². The van der Waals surface area contributed by atoms with Gasteiger partial charge in [-0.2, -0.15) is 0 Å². The first-order chi connectivity index (χ1) is 14.0. The van der Waals surface area contributed by atoms with Crippen molar-refractivity contribution in [2.75, 3.05) is 28.6 Å². The van der Waals surface area contributed by atoms with Crippen molar-refractivity contribution in [2.45, 2.75) is 27.7 Å². The third kappa shape index (κ3) is 5.13. The fourth-order valence-electron chi connectivity index (χ4n) is 3.20. The van der Waals surface area contributed by atoms with Gasteiger partial charge in [0.25, 0.3) is 5.91 Å². The van der Waals surface area contributed by atoms with Gasteiger partial charge in [0.15, 0.2) is 0 Å². The van der Waals surface area contributed by atoms with Gasteiger partial charge in [0.05, 0.1) is 17.4 Å². The van der Waals surface area contributed by atoms with Crippen LogP contribution in [0.5, 0.6) is 0 Å². The highest BCUT2D eigenvalue weighted by Gasteiger charge is 2.11. The van der Waals surface area contributed by atoms with Gasteiger partial charge < -0.3 is 15.5 Å². The summed E-state index contributed by atoms with van der Waals surface area (Å²) in [7, 11) is 0. The van der Waals surface area contributed by atoms with E-state index in [1.165, 1.54) is 5.56 Å². The lowest BCUT2D eigenvalue weighted by atomic mass is 10.1. The number of nitrogens with zero attached hydrogens (tertiary/aromatic N) is 2. The Morgan fingerprint density at radius 3 is 2.31 bits per heavy atom. The minimum Gasteiger partial charge on any atom is -0.372 e. The molecule has 2 aromatic carbocycles. The standard InChI is InChI=1S/C24H28N4O/c1-5-28(6-2)22-11-12-23(18(4)13-22)27-24(29)19-14-21(16-25-15-19)26-20-9-7-17(3)8-10-20/h7-16,26H,5-6H2,1-4H3,(H,27,29). The lowest BCUT2D eigenvalue weighted by molar-refractivity contribution is 0.102. The molecule has 0 spiro atoms. The van der Waals surface area contributed by atoms with E-state index in [0.717, 1.165) is 41.4 Å². The minimum absolute atomic E-state index is 0.177. The summed E-state index contributed by atoms with van der Waals surface area (Å²) in [6.07, 6.45) is 3.29. The number of anilines is 4. The largest absolute Gasteiger partial charge is 0.372 e. The first-order valence-electron chi connectivity index (χ1n) is 9.95. The number of rotatable bonds is 7. The first-order valence-corrected chi connectivity index (χ1v) is 9.95. The Balaban J connectivity index is 1.73. The predicted molar refractivity (Wildman–Crippen MR) is 121 cm³/mol. The maximum Gasteiger partial charge on any atom is 0.257 e. The van der Waals surface area contributed by atoms with Gasteiger partial charge in [-0.3, -0.25) is 9.78 Å². The Morgan fingerprint density at radius 2 is 1.66 bits per heavy atom. The fourth-order valence-corrected chi connectivity index (χ4v) is 3.20. The van der Waals surface area contributed by atoms with Crippen molar-refractivity contribution >= 4 is 28.7 Å². The van der Waals surface area contributed by atoms with Crippen molar-refractivity contribution in [3.63, 3.8) is 0 Å². The molecule has 1 heterocycles. The third-order valence-electron chi connectivity index (χ3n) is 4.93. The predicted octanol–water partition coefficient (Wildman–Crippen LogP) is 5.54. The van der Waals surface area contributed by atoms with Crippen molar-refractivity contribution in [3.8, 4) is 0 Å². The number of amides is 1. The topological polar surface area (TPSA) is 57.3 Å². The van der Waals surface area contributed by atoms with Crippen LogP contribution in [0.15, 0.2) is 60.9 Å². The second-order valence-corrected chi connectivity index (χ2v) is 7.08. The number of pyridine rings is 1. The van der Waals surface area contributed by atoms with Crippen LogP contribution in [-0.2, 0) is 0 Å². The van der Waals surface area contributed by atoms with Gasteiger partial charge in [-0.05, 0) is 69.7 Å². The summed E-state index contributed by atoms with van der Waals surface area (Å²) >= 11 is 0. The molecule has 3 aromatic rings. The second kappa shape index (κ2) is 9.24. The lowest BCUT2D eigenvalue weighted by Crippen LogP contribution is -2.22. The Bertz CT molecular complexity index is 978. The molecule has 1 aromatic heterocycles. The summed E-state index contributed by atoms with van der Waals surface area (Å²) in [5.74, 6) is -0.177. The van der Waals surface area contributed by atoms with Crippen LogP contribution in [0.3, 0.4) is 0 Å². The number of carbonyl (C=O) groups is 1. The van der Waals surface area contributed by atoms with Crippen LogP contribution in [0.1, 0.15) is 35.3 Å². The number of nitrogens with one attached hydrogen (secondary N) is 2. The molecular weight excluding hydrogens is 360 g/mol. The number of hydrogen-bond donors (Lipinski definition) is 2. The number of carbonyl (C=O) groups excluding carboxylic acids is 1. The van der Waals surface area contributed by atoms with Crippen LogP contribution in [0, 0.1) is 13.8 Å². The molecule has 1 amide bonds. The maximum absolute atomic E-state index is 12.8. The average molecular weight is 389 g/mol. The molecule has 0 saturated heterocycles. The van der Waals surface area contributed by atoms with E-state index in [4.69, 9.17) is 0 Å². The molecule has 0 unspecified atom stereocenters. The van der Waals surface area contributed by atoms with Crippen molar-refractivity contribution in [1.29, 1.82) is 0 Å². The summed E-state index contributed by atoms with van der Waals surface area (Å²) < 4.78 is 0. The van der Waals surface area contributed by atoms with E-state index in [1.807, 2.05) is 56.3 Å². The molecule has 0 aliphatic heterocycles. The molecule has 0 atom stereocenters. The molecule has 5 heteroatoms. The van der Waals surface area contributed by atoms with Gasteiger partial charge in [0.1, 0.15) is 0 Å². The number of aromatic nitrogens is 1. The van der Waals surface area contributed by atoms with E-state index in [2.05, 4.69) is 40.4 Å². The smallest absolute Gasteiger partial charge is 0.257 e. The molecule has 0 aliphatic carbocycles. The van der Waals surface area contributed by atoms with Crippen molar-refractivity contribution < 1.29 is 4.79 Å². The van der Waals surface area contributed by atoms with Gasteiger partial charge in [-0.25, -0.2) is 0 Å². The monoisotopic (exact) mass is 388 g/mol. The molecule has 0 aliphatic rings. The summed E-state index contributed by atoms with van der Waals surface area (Å²) in [5, 5.41) is 6.29. The third-order valence-corrected chi connectivity index (χ3v) is 4.93. The number of hydrogen-bond acceptors (Lipinski definition) is 4. The zero-order chi connectivity index (χ0) is 20.8. The van der Waals surface area contributed by atoms with Crippen LogP contribution in [0.4, 0.5) is 22.7 Å². The zero-order valence-electron chi connectivity index (χ0n) is 17.5. The van der Waals surface area contributed by atoms with Gasteiger partial charge >= 0.3 is 0 Å². The molecular formula is C24H28N4O. The first kappa shape index (κ1) is 20.4. The van der Waals surface area contributed by atoms with Crippen LogP contribution in [0.25, 0.3) is 0 Å². The molecule has 0 saturated carbocycles. The van der Waals surface area contributed by atoms with Crippen LogP contribution >= 0.6 is 0 Å². The Morgan fingerprint density at radius 1 is 0.931 bits per heavy atom. The molecule has 150 valence electrons. The summed E-state index contributed by atoms with van der Waals surface area (Å²) in [5.41, 5.74) is 6.44. The second-order valence-electron chi connectivity index (χ2n) is 7.08. The van der Waals surface area contributed by atoms with Crippen molar-refractivity contribution in [2.24, 2.45) is 0 Å². The van der Waals surface area contributed by atoms with Gasteiger partial charge in [-0.1, -0.05) is 17.7 Å². The number of benzene rings is 2. The Labute approximate surface area is 172 Å². The lowest BCUT2D eigenvalue weighted by Gasteiger charge is -2.22. The van der Waals surface area contributed by atoms with Gasteiger partial charge in [0, 0.05) is 36.3 Å². The molecule has 0 radical (unpaired) electrons. The van der Waals surface area contributed by atoms with Gasteiger partial charge in [0.2, 0.25) is 0 Å². The SMILES string of the molecule is CCN(CC)c1ccc(NC(=O)c2cncc(Nc3ccc(C)cc3)c2)c(C)c1. The molecule has 0 fully saturated rings. The van der Waals surface area contributed by atoms with Crippen LogP contribution < -0.4 is 15.5 Å². The summed E-state index contributed by atoms with van der Waals surface area (Å²) in [6.45, 7) is 10.2. The number of aryl methyl sites for hydroxylation is 2. The molecule has 2 N–H and O–H groups in total.